The van der Waals surface area contributed by atoms with Gasteiger partial charge in [0.25, 0.3) is 5.56 Å². The zero-order chi connectivity index (χ0) is 14.5. The molecular formula is C14H21N3O3. The number of hydrogen-bond acceptors (Lipinski definition) is 5. The molecule has 1 fully saturated rings. The van der Waals surface area contributed by atoms with Gasteiger partial charge in [0.15, 0.2) is 0 Å². The lowest BCUT2D eigenvalue weighted by Gasteiger charge is -2.32. The van der Waals surface area contributed by atoms with Crippen molar-refractivity contribution in [1.82, 2.24) is 9.97 Å². The molecule has 0 saturated carbocycles. The van der Waals surface area contributed by atoms with Crippen LogP contribution in [0.15, 0.2) is 10.9 Å². The maximum absolute atomic E-state index is 11.8. The van der Waals surface area contributed by atoms with Crippen LogP contribution in [0, 0.1) is 5.92 Å². The van der Waals surface area contributed by atoms with Gasteiger partial charge in [0, 0.05) is 25.6 Å². The summed E-state index contributed by atoms with van der Waals surface area (Å²) in [5.74, 6) is 1.04. The molecule has 1 aliphatic rings. The molecule has 1 unspecified atom stereocenters. The fraction of sp³-hybridized carbons (Fsp3) is 0.643. The number of H-pyrrole nitrogens is 1. The van der Waals surface area contributed by atoms with Crippen LogP contribution in [0.1, 0.15) is 32.5 Å². The third-order valence-electron chi connectivity index (χ3n) is 3.48. The summed E-state index contributed by atoms with van der Waals surface area (Å²) >= 11 is 0. The minimum absolute atomic E-state index is 0.130. The molecule has 1 aliphatic heterocycles. The number of aromatic amines is 1. The maximum atomic E-state index is 11.8. The van der Waals surface area contributed by atoms with E-state index in [0.717, 1.165) is 19.4 Å². The second-order valence-corrected chi connectivity index (χ2v) is 4.94. The van der Waals surface area contributed by atoms with Gasteiger partial charge in [-0.15, -0.1) is 0 Å². The quantitative estimate of drug-likeness (QED) is 0.836. The number of nitrogens with one attached hydrogen (secondary N) is 1. The van der Waals surface area contributed by atoms with Crippen LogP contribution in [0.5, 0.6) is 0 Å². The van der Waals surface area contributed by atoms with Gasteiger partial charge in [-0.3, -0.25) is 9.59 Å². The number of carbonyl (C=O) groups is 1. The molecule has 1 saturated heterocycles. The number of hydrogen-bond donors (Lipinski definition) is 1. The Morgan fingerprint density at radius 2 is 2.35 bits per heavy atom. The molecule has 0 amide bonds. The summed E-state index contributed by atoms with van der Waals surface area (Å²) in [4.78, 5) is 32.6. The number of ether oxygens (including phenoxy) is 1. The van der Waals surface area contributed by atoms with E-state index in [1.165, 1.54) is 6.07 Å². The Labute approximate surface area is 118 Å². The molecule has 1 atom stereocenters. The lowest BCUT2D eigenvalue weighted by molar-refractivity contribution is -0.148. The van der Waals surface area contributed by atoms with Gasteiger partial charge in [0.1, 0.15) is 11.6 Å². The smallest absolute Gasteiger partial charge is 0.310 e. The number of rotatable bonds is 4. The summed E-state index contributed by atoms with van der Waals surface area (Å²) in [5, 5.41) is 0. The van der Waals surface area contributed by atoms with E-state index in [-0.39, 0.29) is 17.4 Å². The molecular weight excluding hydrogens is 258 g/mol. The van der Waals surface area contributed by atoms with Gasteiger partial charge in [0.05, 0.1) is 12.5 Å². The zero-order valence-electron chi connectivity index (χ0n) is 12.0. The van der Waals surface area contributed by atoms with E-state index in [1.54, 1.807) is 0 Å². The molecule has 1 N–H and O–H groups in total. The Bertz CT molecular complexity index is 527. The average Bonchev–Trinajstić information content (AvgIpc) is 2.47. The lowest BCUT2D eigenvalue weighted by atomic mass is 9.98. The minimum atomic E-state index is -0.155. The SMILES string of the molecule is CCOC(=O)C1CCCN(c2cc(=O)[nH]c(CC)n2)C1. The first-order chi connectivity index (χ1) is 9.63. The molecule has 0 aliphatic carbocycles. The second-order valence-electron chi connectivity index (χ2n) is 4.94. The molecule has 1 aromatic heterocycles. The molecule has 2 rings (SSSR count). The highest BCUT2D eigenvalue weighted by molar-refractivity contribution is 5.73. The number of aryl methyl sites for hydroxylation is 1. The van der Waals surface area contributed by atoms with E-state index in [0.29, 0.717) is 31.2 Å². The van der Waals surface area contributed by atoms with Crippen LogP contribution in [0.3, 0.4) is 0 Å². The first kappa shape index (κ1) is 14.6. The summed E-state index contributed by atoms with van der Waals surface area (Å²) in [7, 11) is 0. The minimum Gasteiger partial charge on any atom is -0.466 e. The summed E-state index contributed by atoms with van der Waals surface area (Å²) < 4.78 is 5.08. The maximum Gasteiger partial charge on any atom is 0.310 e. The first-order valence-electron chi connectivity index (χ1n) is 7.15. The molecule has 0 spiro atoms. The third-order valence-corrected chi connectivity index (χ3v) is 3.48. The van der Waals surface area contributed by atoms with E-state index >= 15 is 0 Å². The van der Waals surface area contributed by atoms with E-state index in [9.17, 15) is 9.59 Å². The van der Waals surface area contributed by atoms with E-state index in [2.05, 4.69) is 9.97 Å². The van der Waals surface area contributed by atoms with Crippen molar-refractivity contribution in [3.05, 3.63) is 22.2 Å². The predicted molar refractivity (Wildman–Crippen MR) is 75.8 cm³/mol. The highest BCUT2D eigenvalue weighted by Crippen LogP contribution is 2.21. The van der Waals surface area contributed by atoms with Gasteiger partial charge in [0.2, 0.25) is 0 Å². The highest BCUT2D eigenvalue weighted by atomic mass is 16.5. The average molecular weight is 279 g/mol. The van der Waals surface area contributed by atoms with Crippen LogP contribution in [-0.2, 0) is 16.0 Å². The summed E-state index contributed by atoms with van der Waals surface area (Å²) in [6, 6.07) is 1.49. The van der Waals surface area contributed by atoms with Crippen molar-refractivity contribution >= 4 is 11.8 Å². The van der Waals surface area contributed by atoms with E-state index in [4.69, 9.17) is 4.74 Å². The van der Waals surface area contributed by atoms with Crippen molar-refractivity contribution in [1.29, 1.82) is 0 Å². The third kappa shape index (κ3) is 3.37. The van der Waals surface area contributed by atoms with Gasteiger partial charge in [-0.05, 0) is 19.8 Å². The van der Waals surface area contributed by atoms with Crippen LogP contribution in [0.25, 0.3) is 0 Å². The number of esters is 1. The van der Waals surface area contributed by atoms with Crippen LogP contribution in [-0.4, -0.2) is 35.6 Å². The normalized spacial score (nSPS) is 18.9. The molecule has 20 heavy (non-hydrogen) atoms. The van der Waals surface area contributed by atoms with E-state index in [1.807, 2.05) is 18.7 Å². The van der Waals surface area contributed by atoms with Crippen molar-refractivity contribution in [3.63, 3.8) is 0 Å². The van der Waals surface area contributed by atoms with Crippen LogP contribution >= 0.6 is 0 Å². The number of anilines is 1. The second kappa shape index (κ2) is 6.54. The molecule has 6 nitrogen and oxygen atoms in total. The predicted octanol–water partition coefficient (Wildman–Crippen LogP) is 1.11. The largest absolute Gasteiger partial charge is 0.466 e. The van der Waals surface area contributed by atoms with Crippen molar-refractivity contribution in [2.75, 3.05) is 24.6 Å². The van der Waals surface area contributed by atoms with Crippen molar-refractivity contribution in [3.8, 4) is 0 Å². The Morgan fingerprint density at radius 1 is 1.55 bits per heavy atom. The Morgan fingerprint density at radius 3 is 3.05 bits per heavy atom. The van der Waals surface area contributed by atoms with Gasteiger partial charge in [-0.1, -0.05) is 6.92 Å². The molecule has 6 heteroatoms. The molecule has 0 aromatic carbocycles. The van der Waals surface area contributed by atoms with Gasteiger partial charge in [-0.25, -0.2) is 4.98 Å². The monoisotopic (exact) mass is 279 g/mol. The van der Waals surface area contributed by atoms with Crippen LogP contribution in [0.2, 0.25) is 0 Å². The Balaban J connectivity index is 2.14. The topological polar surface area (TPSA) is 75.3 Å². The number of carbonyl (C=O) groups excluding carboxylic acids is 1. The number of nitrogens with zero attached hydrogens (tertiary/aromatic N) is 2. The molecule has 0 radical (unpaired) electrons. The van der Waals surface area contributed by atoms with Gasteiger partial charge in [-0.2, -0.15) is 0 Å². The number of piperidine rings is 1. The summed E-state index contributed by atoms with van der Waals surface area (Å²) in [5.41, 5.74) is -0.148. The fourth-order valence-corrected chi connectivity index (χ4v) is 2.46. The van der Waals surface area contributed by atoms with Crippen LogP contribution < -0.4 is 10.5 Å². The summed E-state index contributed by atoms with van der Waals surface area (Å²) in [6.45, 7) is 5.54. The molecule has 1 aromatic rings. The molecule has 2 heterocycles. The van der Waals surface area contributed by atoms with Crippen molar-refractivity contribution < 1.29 is 9.53 Å². The first-order valence-corrected chi connectivity index (χ1v) is 7.15. The fourth-order valence-electron chi connectivity index (χ4n) is 2.46. The van der Waals surface area contributed by atoms with Crippen molar-refractivity contribution in [2.45, 2.75) is 33.1 Å². The molecule has 110 valence electrons. The standard InChI is InChI=1S/C14H21N3O3/c1-3-11-15-12(8-13(18)16-11)17-7-5-6-10(9-17)14(19)20-4-2/h8,10H,3-7,9H2,1-2H3,(H,15,16,18). The number of aromatic nitrogens is 2. The van der Waals surface area contributed by atoms with E-state index < -0.39 is 0 Å². The van der Waals surface area contributed by atoms with Crippen molar-refractivity contribution in [2.24, 2.45) is 5.92 Å². The Hall–Kier alpha value is -1.85. The van der Waals surface area contributed by atoms with Gasteiger partial charge < -0.3 is 14.6 Å². The Kier molecular flexibility index (Phi) is 4.76. The zero-order valence-corrected chi connectivity index (χ0v) is 12.0. The lowest BCUT2D eigenvalue weighted by Crippen LogP contribution is -2.40. The van der Waals surface area contributed by atoms with Gasteiger partial charge >= 0.3 is 5.97 Å². The summed E-state index contributed by atoms with van der Waals surface area (Å²) in [6.07, 6.45) is 2.41. The van der Waals surface area contributed by atoms with Crippen LogP contribution in [0.4, 0.5) is 5.82 Å². The molecule has 0 bridgehead atoms. The highest BCUT2D eigenvalue weighted by Gasteiger charge is 2.27.